The largest absolute Gasteiger partial charge is 0.481 e. The van der Waals surface area contributed by atoms with Crippen molar-refractivity contribution in [3.8, 4) is 17.6 Å². The zero-order valence-corrected chi connectivity index (χ0v) is 17.2. The average Bonchev–Trinajstić information content (AvgIpc) is 3.34. The molecule has 1 amide bonds. The lowest BCUT2D eigenvalue weighted by Gasteiger charge is -2.16. The fraction of sp³-hybridized carbons (Fsp3) is 0.333. The predicted octanol–water partition coefficient (Wildman–Crippen LogP) is -0.406. The lowest BCUT2D eigenvalue weighted by molar-refractivity contribution is -0.137. The van der Waals surface area contributed by atoms with Crippen molar-refractivity contribution in [2.45, 2.75) is 31.5 Å². The molecule has 0 aliphatic carbocycles. The molecular formula is C21H22N6O5. The lowest BCUT2D eigenvalue weighted by atomic mass is 10.1. The number of nitrogens with two attached hydrogens (primary N) is 1. The molecule has 1 fully saturated rings. The third kappa shape index (κ3) is 4.19. The van der Waals surface area contributed by atoms with Crippen molar-refractivity contribution < 1.29 is 24.5 Å². The molecule has 4 rings (SSSR count). The Morgan fingerprint density at radius 1 is 1.28 bits per heavy atom. The number of carbonyl (C=O) groups excluding carboxylic acids is 1. The van der Waals surface area contributed by atoms with Gasteiger partial charge in [-0.1, -0.05) is 24.1 Å². The number of ether oxygens (including phenoxy) is 2. The molecule has 0 spiro atoms. The highest BCUT2D eigenvalue weighted by Crippen LogP contribution is 2.32. The molecule has 166 valence electrons. The third-order valence-electron chi connectivity index (χ3n) is 4.82. The molecule has 2 aromatic heterocycles. The normalized spacial score (nSPS) is 22.3. The van der Waals surface area contributed by atoms with Gasteiger partial charge in [-0.05, 0) is 25.0 Å². The molecule has 3 aromatic rings. The fourth-order valence-electron chi connectivity index (χ4n) is 3.31. The molecule has 4 atom stereocenters. The quantitative estimate of drug-likeness (QED) is 0.389. The van der Waals surface area contributed by atoms with Crippen LogP contribution in [0, 0.1) is 11.8 Å². The van der Waals surface area contributed by atoms with Crippen LogP contribution in [0.25, 0.3) is 11.2 Å². The first-order valence-electron chi connectivity index (χ1n) is 9.95. The number of benzene rings is 1. The van der Waals surface area contributed by atoms with Gasteiger partial charge in [0, 0.05) is 6.54 Å². The number of nitrogens with one attached hydrogen (secondary N) is 1. The monoisotopic (exact) mass is 438 g/mol. The SMILES string of the molecule is CCNC(=O)[C@H]1O[C@@H](n2cnc3c(N)nc(C#CCOc4ccccc4)nc32)[C@H](O)[C@@H]1O. The Kier molecular flexibility index (Phi) is 6.18. The maximum absolute atomic E-state index is 12.1. The summed E-state index contributed by atoms with van der Waals surface area (Å²) in [6, 6.07) is 9.23. The molecule has 0 bridgehead atoms. The van der Waals surface area contributed by atoms with Crippen molar-refractivity contribution in [2.75, 3.05) is 18.9 Å². The van der Waals surface area contributed by atoms with Crippen molar-refractivity contribution in [1.29, 1.82) is 0 Å². The average molecular weight is 438 g/mol. The molecule has 11 heteroatoms. The summed E-state index contributed by atoms with van der Waals surface area (Å²) in [6.45, 7) is 2.22. The number of likely N-dealkylation sites (N-methyl/N-ethyl adjacent to an activating group) is 1. The topological polar surface area (TPSA) is 158 Å². The molecule has 5 N–H and O–H groups in total. The van der Waals surface area contributed by atoms with Gasteiger partial charge in [-0.2, -0.15) is 0 Å². The number of nitrogen functional groups attached to an aromatic ring is 1. The second kappa shape index (κ2) is 9.19. The van der Waals surface area contributed by atoms with Gasteiger partial charge < -0.3 is 30.7 Å². The van der Waals surface area contributed by atoms with E-state index in [-0.39, 0.29) is 29.4 Å². The van der Waals surface area contributed by atoms with Gasteiger partial charge >= 0.3 is 0 Å². The van der Waals surface area contributed by atoms with Crippen LogP contribution in [0.15, 0.2) is 36.7 Å². The first-order valence-corrected chi connectivity index (χ1v) is 9.95. The minimum Gasteiger partial charge on any atom is -0.481 e. The van der Waals surface area contributed by atoms with Gasteiger partial charge in [0.1, 0.15) is 30.1 Å². The number of aromatic nitrogens is 4. The number of hydrogen-bond acceptors (Lipinski definition) is 9. The molecule has 0 radical (unpaired) electrons. The Morgan fingerprint density at radius 3 is 2.81 bits per heavy atom. The standard InChI is InChI=1S/C21H22N6O5/c1-2-23-20(30)17-15(28)16(29)21(32-17)27-11-24-14-18(22)25-13(26-19(14)27)9-6-10-31-12-7-4-3-5-8-12/h3-5,7-8,11,15-17,21,28-29H,2,10H2,1H3,(H,23,30)(H2,22,25,26)/t15-,16+,17-,21+/m0/s1. The van der Waals surface area contributed by atoms with Crippen molar-refractivity contribution in [1.82, 2.24) is 24.8 Å². The summed E-state index contributed by atoms with van der Waals surface area (Å²) in [5.41, 5.74) is 6.53. The van der Waals surface area contributed by atoms with Crippen molar-refractivity contribution in [3.63, 3.8) is 0 Å². The van der Waals surface area contributed by atoms with Gasteiger partial charge in [0.25, 0.3) is 5.91 Å². The maximum atomic E-state index is 12.1. The summed E-state index contributed by atoms with van der Waals surface area (Å²) in [5, 5.41) is 23.3. The fourth-order valence-corrected chi connectivity index (χ4v) is 3.31. The molecular weight excluding hydrogens is 416 g/mol. The molecule has 3 heterocycles. The summed E-state index contributed by atoms with van der Waals surface area (Å²) in [4.78, 5) is 24.8. The number of hydrogen-bond donors (Lipinski definition) is 4. The molecule has 11 nitrogen and oxygen atoms in total. The molecule has 32 heavy (non-hydrogen) atoms. The van der Waals surface area contributed by atoms with Crippen LogP contribution in [-0.4, -0.2) is 67.1 Å². The van der Waals surface area contributed by atoms with E-state index in [0.717, 1.165) is 0 Å². The number of aliphatic hydroxyl groups excluding tert-OH is 2. The van der Waals surface area contributed by atoms with Crippen LogP contribution in [0.3, 0.4) is 0 Å². The van der Waals surface area contributed by atoms with Crippen LogP contribution in [0.1, 0.15) is 19.0 Å². The smallest absolute Gasteiger partial charge is 0.252 e. The minimum absolute atomic E-state index is 0.0929. The van der Waals surface area contributed by atoms with Gasteiger partial charge in [0.05, 0.1) is 6.33 Å². The number of para-hydroxylation sites is 1. The number of imidazole rings is 1. The number of amides is 1. The van der Waals surface area contributed by atoms with Gasteiger partial charge in [-0.25, -0.2) is 15.0 Å². The number of anilines is 1. The third-order valence-corrected chi connectivity index (χ3v) is 4.82. The van der Waals surface area contributed by atoms with E-state index >= 15 is 0 Å². The van der Waals surface area contributed by atoms with Gasteiger partial charge in [0.15, 0.2) is 23.8 Å². The van der Waals surface area contributed by atoms with Crippen molar-refractivity contribution in [2.24, 2.45) is 0 Å². The van der Waals surface area contributed by atoms with Crippen LogP contribution in [-0.2, 0) is 9.53 Å². The van der Waals surface area contributed by atoms with E-state index in [1.165, 1.54) is 10.9 Å². The predicted molar refractivity (Wildman–Crippen MR) is 113 cm³/mol. The van der Waals surface area contributed by atoms with Crippen molar-refractivity contribution >= 4 is 22.9 Å². The van der Waals surface area contributed by atoms with Crippen LogP contribution < -0.4 is 15.8 Å². The zero-order chi connectivity index (χ0) is 22.7. The van der Waals surface area contributed by atoms with E-state index in [1.807, 2.05) is 30.3 Å². The van der Waals surface area contributed by atoms with Gasteiger partial charge in [-0.15, -0.1) is 0 Å². The second-order valence-corrected chi connectivity index (χ2v) is 6.98. The van der Waals surface area contributed by atoms with E-state index in [9.17, 15) is 15.0 Å². The Bertz CT molecular complexity index is 1170. The number of fused-ring (bicyclic) bond motifs is 1. The minimum atomic E-state index is -1.42. The first kappa shape index (κ1) is 21.5. The molecule has 0 unspecified atom stereocenters. The van der Waals surface area contributed by atoms with Crippen LogP contribution in [0.4, 0.5) is 5.82 Å². The summed E-state index contributed by atoms with van der Waals surface area (Å²) in [6.07, 6.45) is -3.78. The van der Waals surface area contributed by atoms with Gasteiger partial charge in [0.2, 0.25) is 5.82 Å². The van der Waals surface area contributed by atoms with Crippen LogP contribution in [0.5, 0.6) is 5.75 Å². The van der Waals surface area contributed by atoms with Crippen LogP contribution >= 0.6 is 0 Å². The van der Waals surface area contributed by atoms with E-state index in [2.05, 4.69) is 32.1 Å². The Labute approximate surface area is 183 Å². The highest BCUT2D eigenvalue weighted by atomic mass is 16.6. The number of rotatable bonds is 5. The Balaban J connectivity index is 1.57. The summed E-state index contributed by atoms with van der Waals surface area (Å²) in [7, 11) is 0. The Morgan fingerprint density at radius 2 is 2.06 bits per heavy atom. The molecule has 1 aliphatic heterocycles. The van der Waals surface area contributed by atoms with Gasteiger partial charge in [-0.3, -0.25) is 9.36 Å². The lowest BCUT2D eigenvalue weighted by Crippen LogP contribution is -2.42. The first-order chi connectivity index (χ1) is 15.5. The summed E-state index contributed by atoms with van der Waals surface area (Å²) in [5.74, 6) is 5.98. The highest BCUT2D eigenvalue weighted by Gasteiger charge is 2.47. The highest BCUT2D eigenvalue weighted by molar-refractivity contribution is 5.83. The van der Waals surface area contributed by atoms with E-state index in [1.54, 1.807) is 6.92 Å². The second-order valence-electron chi connectivity index (χ2n) is 6.98. The molecule has 0 saturated carbocycles. The summed E-state index contributed by atoms with van der Waals surface area (Å²) < 4.78 is 12.5. The number of carbonyl (C=O) groups is 1. The summed E-state index contributed by atoms with van der Waals surface area (Å²) >= 11 is 0. The Hall–Kier alpha value is -3.72. The number of aliphatic hydroxyl groups is 2. The zero-order valence-electron chi connectivity index (χ0n) is 17.2. The van der Waals surface area contributed by atoms with Crippen molar-refractivity contribution in [3.05, 3.63) is 42.5 Å². The number of nitrogens with zero attached hydrogens (tertiary/aromatic N) is 4. The van der Waals surface area contributed by atoms with E-state index in [0.29, 0.717) is 12.3 Å². The molecule has 1 saturated heterocycles. The van der Waals surface area contributed by atoms with E-state index < -0.39 is 30.4 Å². The molecule has 1 aromatic carbocycles. The maximum Gasteiger partial charge on any atom is 0.252 e. The molecule has 1 aliphatic rings. The van der Waals surface area contributed by atoms with E-state index in [4.69, 9.17) is 15.2 Å². The van der Waals surface area contributed by atoms with Crippen LogP contribution in [0.2, 0.25) is 0 Å².